The first-order valence-corrected chi connectivity index (χ1v) is 23.5. The van der Waals surface area contributed by atoms with Crippen LogP contribution in [0.2, 0.25) is 0 Å². The van der Waals surface area contributed by atoms with Crippen LogP contribution >= 0.6 is 0 Å². The zero-order valence-corrected chi connectivity index (χ0v) is 41.5. The van der Waals surface area contributed by atoms with Crippen molar-refractivity contribution >= 4 is 17.9 Å². The number of benzene rings is 1. The molecule has 1 aromatic rings. The van der Waals surface area contributed by atoms with Gasteiger partial charge in [-0.15, -0.1) is 0 Å². The van der Waals surface area contributed by atoms with E-state index in [-0.39, 0.29) is 63.6 Å². The van der Waals surface area contributed by atoms with E-state index in [1.807, 2.05) is 0 Å². The summed E-state index contributed by atoms with van der Waals surface area (Å²) in [5.74, 6) is 0.301. The van der Waals surface area contributed by atoms with Gasteiger partial charge in [0.1, 0.15) is 23.6 Å². The normalized spacial score (nSPS) is 28.3. The van der Waals surface area contributed by atoms with Gasteiger partial charge >= 0.3 is 17.9 Å². The number of hydrogen-bond donors (Lipinski definition) is 1. The summed E-state index contributed by atoms with van der Waals surface area (Å²) in [6, 6.07) is 7.67. The topological polar surface area (TPSA) is 99.1 Å². The van der Waals surface area contributed by atoms with Crippen molar-refractivity contribution in [2.75, 3.05) is 0 Å². The molecule has 0 radical (unpaired) electrons. The van der Waals surface area contributed by atoms with Gasteiger partial charge in [0.2, 0.25) is 0 Å². The molecule has 60 heavy (non-hydrogen) atoms. The van der Waals surface area contributed by atoms with E-state index in [4.69, 9.17) is 14.2 Å². The lowest BCUT2D eigenvalue weighted by molar-refractivity contribution is -0.228. The van der Waals surface area contributed by atoms with Crippen LogP contribution in [0, 0.1) is 66.5 Å². The zero-order valence-electron chi connectivity index (χ0n) is 41.5. The quantitative estimate of drug-likeness (QED) is 0.139. The molecule has 8 unspecified atom stereocenters. The summed E-state index contributed by atoms with van der Waals surface area (Å²) >= 11 is 0. The molecule has 7 heteroatoms. The number of aromatic hydroxyl groups is 1. The van der Waals surface area contributed by atoms with Gasteiger partial charge < -0.3 is 19.3 Å². The smallest absolute Gasteiger partial charge is 0.312 e. The molecule has 340 valence electrons. The van der Waals surface area contributed by atoms with E-state index in [9.17, 15) is 14.7 Å². The predicted octanol–water partition coefficient (Wildman–Crippen LogP) is 13.3. The fourth-order valence-corrected chi connectivity index (χ4v) is 12.3. The molecule has 5 rings (SSSR count). The minimum atomic E-state index is -1.06. The van der Waals surface area contributed by atoms with Gasteiger partial charge in [-0.25, -0.2) is 0 Å². The van der Waals surface area contributed by atoms with Crippen molar-refractivity contribution in [1.82, 2.24) is 0 Å². The third-order valence-corrected chi connectivity index (χ3v) is 19.0. The Morgan fingerprint density at radius 2 is 1.33 bits per heavy atom. The molecule has 1 saturated heterocycles. The highest BCUT2D eigenvalue weighted by molar-refractivity contribution is 5.80. The van der Waals surface area contributed by atoms with Crippen LogP contribution in [-0.2, 0) is 28.6 Å². The van der Waals surface area contributed by atoms with Crippen molar-refractivity contribution in [2.45, 2.75) is 213 Å². The highest BCUT2D eigenvalue weighted by Crippen LogP contribution is 2.73. The minimum absolute atomic E-state index is 0.00677. The zero-order chi connectivity index (χ0) is 45.7. The van der Waals surface area contributed by atoms with Gasteiger partial charge in [-0.1, -0.05) is 130 Å². The van der Waals surface area contributed by atoms with Crippen molar-refractivity contribution in [3.05, 3.63) is 29.8 Å². The van der Waals surface area contributed by atoms with E-state index in [0.717, 1.165) is 38.5 Å². The summed E-state index contributed by atoms with van der Waals surface area (Å²) in [4.78, 5) is 43.5. The van der Waals surface area contributed by atoms with Crippen LogP contribution in [0.25, 0.3) is 0 Å². The molecule has 0 aromatic heterocycles. The number of esters is 3. The Hall–Kier alpha value is -2.57. The summed E-state index contributed by atoms with van der Waals surface area (Å²) in [6.45, 7) is 42.2. The van der Waals surface area contributed by atoms with Gasteiger partial charge in [0.15, 0.2) is 0 Å². The minimum Gasteiger partial charge on any atom is -0.508 e. The Labute approximate surface area is 365 Å². The van der Waals surface area contributed by atoms with Crippen molar-refractivity contribution in [3.63, 3.8) is 0 Å². The Bertz CT molecular complexity index is 1760. The maximum absolute atomic E-state index is 15.7. The van der Waals surface area contributed by atoms with Gasteiger partial charge in [0, 0.05) is 17.8 Å². The average molecular weight is 835 g/mol. The Morgan fingerprint density at radius 1 is 0.800 bits per heavy atom. The van der Waals surface area contributed by atoms with Crippen LogP contribution in [0.4, 0.5) is 0 Å². The van der Waals surface area contributed by atoms with E-state index in [0.29, 0.717) is 19.3 Å². The van der Waals surface area contributed by atoms with Gasteiger partial charge in [0.25, 0.3) is 0 Å². The molecule has 1 N–H and O–H groups in total. The first kappa shape index (κ1) is 48.5. The fraction of sp³-hybridized carbons (Fsp3) is 0.830. The largest absolute Gasteiger partial charge is 0.508 e. The summed E-state index contributed by atoms with van der Waals surface area (Å²) in [5, 5.41) is 10.3. The van der Waals surface area contributed by atoms with Crippen LogP contribution in [0.15, 0.2) is 24.3 Å². The second kappa shape index (κ2) is 15.3. The number of hydrogen-bond acceptors (Lipinski definition) is 7. The molecular formula is C53H86O7. The lowest BCUT2D eigenvalue weighted by Gasteiger charge is -2.60. The molecule has 8 atom stereocenters. The molecule has 1 aliphatic heterocycles. The van der Waals surface area contributed by atoms with Crippen molar-refractivity contribution in [3.8, 4) is 5.75 Å². The standard InChI is InChI=1S/C53H86O7/c1-33(2)52(26-20-21-27-52)60-43(57)50(18,45(7,8)9)32-47(12,13)49(16,17)51(19,42(56)59-41-40-34(3)53(41)29-36(53)28-39(55)58-40)31-46(10,11)48(14,15)38(30-44(4,5)6)35-22-24-37(54)25-23-35/h22-25,33-34,36,38,40-41,54H,20-21,26-32H2,1-19H3. The molecule has 4 fully saturated rings. The number of phenols is 1. The fourth-order valence-electron chi connectivity index (χ4n) is 12.3. The summed E-state index contributed by atoms with van der Waals surface area (Å²) in [6.07, 6.45) is 6.19. The molecule has 1 spiro atoms. The van der Waals surface area contributed by atoms with Crippen molar-refractivity contribution < 1.29 is 33.7 Å². The maximum Gasteiger partial charge on any atom is 0.312 e. The number of fused-ring (bicyclic) bond motifs is 1. The monoisotopic (exact) mass is 835 g/mol. The average Bonchev–Trinajstić information content (AvgIpc) is 3.70. The maximum atomic E-state index is 15.7. The Balaban J connectivity index is 1.60. The molecule has 2 bridgehead atoms. The van der Waals surface area contributed by atoms with Crippen LogP contribution in [0.5, 0.6) is 5.75 Å². The second-order valence-electron chi connectivity index (χ2n) is 25.9. The van der Waals surface area contributed by atoms with Crippen molar-refractivity contribution in [2.24, 2.45) is 66.5 Å². The number of carbonyl (C=O) groups excluding carboxylic acids is 3. The number of carbonyl (C=O) groups is 3. The van der Waals surface area contributed by atoms with E-state index in [1.165, 1.54) is 5.56 Å². The molecular weight excluding hydrogens is 749 g/mol. The van der Waals surface area contributed by atoms with Crippen LogP contribution < -0.4 is 0 Å². The first-order chi connectivity index (χ1) is 27.1. The van der Waals surface area contributed by atoms with Gasteiger partial charge in [-0.3, -0.25) is 14.4 Å². The van der Waals surface area contributed by atoms with E-state index in [1.54, 1.807) is 12.1 Å². The number of ether oxygens (including phenoxy) is 3. The lowest BCUT2D eigenvalue weighted by atomic mass is 9.44. The van der Waals surface area contributed by atoms with Crippen LogP contribution in [-0.4, -0.2) is 40.8 Å². The van der Waals surface area contributed by atoms with Gasteiger partial charge in [-0.05, 0) is 133 Å². The molecule has 1 heterocycles. The van der Waals surface area contributed by atoms with Crippen LogP contribution in [0.1, 0.15) is 201 Å². The summed E-state index contributed by atoms with van der Waals surface area (Å²) < 4.78 is 19.6. The molecule has 7 nitrogen and oxygen atoms in total. The number of rotatable bonds is 15. The van der Waals surface area contributed by atoms with E-state index < -0.39 is 50.3 Å². The van der Waals surface area contributed by atoms with Crippen LogP contribution in [0.3, 0.4) is 0 Å². The molecule has 0 amide bonds. The summed E-state index contributed by atoms with van der Waals surface area (Å²) in [7, 11) is 0. The molecule has 3 aliphatic carbocycles. The predicted molar refractivity (Wildman–Crippen MR) is 241 cm³/mol. The van der Waals surface area contributed by atoms with Gasteiger partial charge in [-0.2, -0.15) is 0 Å². The van der Waals surface area contributed by atoms with E-state index in [2.05, 4.69) is 144 Å². The Morgan fingerprint density at radius 3 is 1.83 bits per heavy atom. The van der Waals surface area contributed by atoms with E-state index >= 15 is 4.79 Å². The Kier molecular flexibility index (Phi) is 12.4. The molecule has 3 saturated carbocycles. The summed E-state index contributed by atoms with van der Waals surface area (Å²) in [5.41, 5.74) is -3.97. The molecule has 1 aromatic carbocycles. The van der Waals surface area contributed by atoms with Crippen molar-refractivity contribution in [1.29, 1.82) is 0 Å². The third kappa shape index (κ3) is 7.98. The lowest BCUT2D eigenvalue weighted by Crippen LogP contribution is -2.62. The van der Waals surface area contributed by atoms with Gasteiger partial charge in [0.05, 0.1) is 10.8 Å². The first-order valence-electron chi connectivity index (χ1n) is 23.5. The molecule has 4 aliphatic rings. The highest BCUT2D eigenvalue weighted by atomic mass is 16.6. The number of phenolic OH excluding ortho intramolecular Hbond substituents is 1. The SMILES string of the molecule is CC(C)C1(OC(=O)C(C)(CC(C)(C)C(C)(C)C(C)(CC(C)(C)C(C)(C)C(CC(C)(C)C)c2ccc(O)cc2)C(=O)OC2C3OC(=O)CC4CC42C3C)C(C)(C)C)CCCC1. The third-order valence-electron chi connectivity index (χ3n) is 19.0. The highest BCUT2D eigenvalue weighted by Gasteiger charge is 2.78. The second-order valence-corrected chi connectivity index (χ2v) is 25.9.